The molecule has 0 aliphatic heterocycles. The molecule has 0 rings (SSSR count). The average molecular weight is 837 g/mol. The van der Waals surface area contributed by atoms with Gasteiger partial charge in [-0.3, -0.25) is 14.4 Å². The quantitative estimate of drug-likeness (QED) is 0.0263. The summed E-state index contributed by atoms with van der Waals surface area (Å²) in [4.78, 5) is 37.8. The first-order valence-corrected chi connectivity index (χ1v) is 24.9. The maximum Gasteiger partial charge on any atom is 0.306 e. The van der Waals surface area contributed by atoms with Gasteiger partial charge in [0.1, 0.15) is 13.2 Å². The van der Waals surface area contributed by atoms with E-state index in [9.17, 15) is 14.4 Å². The molecule has 0 bridgehead atoms. The lowest BCUT2D eigenvalue weighted by Gasteiger charge is -2.18. The van der Waals surface area contributed by atoms with Crippen LogP contribution < -0.4 is 0 Å². The molecule has 0 aliphatic rings. The molecular formula is C54H92O6. The molecule has 60 heavy (non-hydrogen) atoms. The van der Waals surface area contributed by atoms with E-state index in [4.69, 9.17) is 14.2 Å². The van der Waals surface area contributed by atoms with Gasteiger partial charge >= 0.3 is 17.9 Å². The summed E-state index contributed by atoms with van der Waals surface area (Å²) in [6.45, 7) is 6.45. The van der Waals surface area contributed by atoms with E-state index < -0.39 is 6.10 Å². The molecule has 0 fully saturated rings. The lowest BCUT2D eigenvalue weighted by atomic mass is 10.1. The molecule has 0 saturated carbocycles. The average Bonchev–Trinajstić information content (AvgIpc) is 3.24. The number of esters is 3. The maximum absolute atomic E-state index is 12.7. The van der Waals surface area contributed by atoms with E-state index in [1.807, 2.05) is 0 Å². The van der Waals surface area contributed by atoms with Crippen molar-refractivity contribution in [2.75, 3.05) is 13.2 Å². The van der Waals surface area contributed by atoms with Gasteiger partial charge in [-0.1, -0.05) is 196 Å². The molecule has 0 aromatic rings. The van der Waals surface area contributed by atoms with Crippen molar-refractivity contribution in [3.05, 3.63) is 72.9 Å². The van der Waals surface area contributed by atoms with Gasteiger partial charge in [-0.25, -0.2) is 0 Å². The maximum atomic E-state index is 12.7. The predicted molar refractivity (Wildman–Crippen MR) is 256 cm³/mol. The second-order valence-electron chi connectivity index (χ2n) is 16.3. The molecule has 344 valence electrons. The smallest absolute Gasteiger partial charge is 0.306 e. The fraction of sp³-hybridized carbons (Fsp3) is 0.722. The van der Waals surface area contributed by atoms with Crippen LogP contribution in [0.1, 0.15) is 233 Å². The Kier molecular flexibility index (Phi) is 46.0. The molecule has 0 aromatic carbocycles. The summed E-state index contributed by atoms with van der Waals surface area (Å²) >= 11 is 0. The van der Waals surface area contributed by atoms with Crippen LogP contribution in [-0.4, -0.2) is 37.2 Å². The van der Waals surface area contributed by atoms with Crippen LogP contribution in [0, 0.1) is 0 Å². The lowest BCUT2D eigenvalue weighted by molar-refractivity contribution is -0.167. The Labute approximate surface area is 370 Å². The van der Waals surface area contributed by atoms with Crippen molar-refractivity contribution in [1.29, 1.82) is 0 Å². The van der Waals surface area contributed by atoms with Crippen LogP contribution in [0.2, 0.25) is 0 Å². The highest BCUT2D eigenvalue weighted by molar-refractivity contribution is 5.71. The monoisotopic (exact) mass is 837 g/mol. The highest BCUT2D eigenvalue weighted by Crippen LogP contribution is 2.13. The molecule has 1 atom stereocenters. The lowest BCUT2D eigenvalue weighted by Crippen LogP contribution is -2.30. The molecule has 0 aromatic heterocycles. The third-order valence-corrected chi connectivity index (χ3v) is 10.4. The van der Waals surface area contributed by atoms with E-state index in [0.29, 0.717) is 19.3 Å². The van der Waals surface area contributed by atoms with Crippen LogP contribution in [-0.2, 0) is 28.6 Å². The van der Waals surface area contributed by atoms with E-state index in [-0.39, 0.29) is 31.1 Å². The van der Waals surface area contributed by atoms with Crippen LogP contribution >= 0.6 is 0 Å². The molecular weight excluding hydrogens is 745 g/mol. The number of rotatable bonds is 44. The summed E-state index contributed by atoms with van der Waals surface area (Å²) < 4.78 is 16.7. The van der Waals surface area contributed by atoms with Crippen molar-refractivity contribution < 1.29 is 28.6 Å². The first-order chi connectivity index (χ1) is 29.5. The number of hydrogen-bond acceptors (Lipinski definition) is 6. The van der Waals surface area contributed by atoms with Gasteiger partial charge in [-0.2, -0.15) is 0 Å². The van der Waals surface area contributed by atoms with Gasteiger partial charge < -0.3 is 14.2 Å². The van der Waals surface area contributed by atoms with Crippen LogP contribution in [0.25, 0.3) is 0 Å². The third-order valence-electron chi connectivity index (χ3n) is 10.4. The molecule has 0 amide bonds. The summed E-state index contributed by atoms with van der Waals surface area (Å²) in [5.41, 5.74) is 0. The number of carbonyl (C=O) groups is 3. The van der Waals surface area contributed by atoms with E-state index in [2.05, 4.69) is 93.7 Å². The Hall–Kier alpha value is -3.15. The first-order valence-electron chi connectivity index (χ1n) is 24.9. The van der Waals surface area contributed by atoms with Gasteiger partial charge in [0, 0.05) is 19.3 Å². The minimum Gasteiger partial charge on any atom is -0.462 e. The largest absolute Gasteiger partial charge is 0.462 e. The zero-order valence-corrected chi connectivity index (χ0v) is 39.2. The molecule has 0 spiro atoms. The van der Waals surface area contributed by atoms with E-state index >= 15 is 0 Å². The highest BCUT2D eigenvalue weighted by atomic mass is 16.6. The Morgan fingerprint density at radius 2 is 0.650 bits per heavy atom. The highest BCUT2D eigenvalue weighted by Gasteiger charge is 2.19. The fourth-order valence-corrected chi connectivity index (χ4v) is 6.70. The molecule has 0 N–H and O–H groups in total. The van der Waals surface area contributed by atoms with Gasteiger partial charge in [-0.15, -0.1) is 0 Å². The van der Waals surface area contributed by atoms with Crippen molar-refractivity contribution in [3.8, 4) is 0 Å². The Morgan fingerprint density at radius 3 is 1.05 bits per heavy atom. The van der Waals surface area contributed by atoms with Gasteiger partial charge in [0.15, 0.2) is 6.10 Å². The van der Waals surface area contributed by atoms with Crippen LogP contribution in [0.15, 0.2) is 72.9 Å². The van der Waals surface area contributed by atoms with Crippen molar-refractivity contribution in [1.82, 2.24) is 0 Å². The molecule has 0 aliphatic carbocycles. The summed E-state index contributed by atoms with van der Waals surface area (Å²) in [5, 5.41) is 0. The zero-order chi connectivity index (χ0) is 43.7. The molecule has 0 radical (unpaired) electrons. The number of carbonyl (C=O) groups excluding carboxylic acids is 3. The second kappa shape index (κ2) is 48.5. The topological polar surface area (TPSA) is 78.9 Å². The zero-order valence-electron chi connectivity index (χ0n) is 39.2. The number of allylic oxidation sites excluding steroid dienone is 12. The standard InChI is InChI=1S/C54H92O6/c1-4-7-10-13-16-19-21-23-25-26-27-28-29-31-32-35-38-41-44-47-53(56)59-50-51(49-58-52(55)46-43-40-37-34-18-15-12-9-6-3)60-54(57)48-45-42-39-36-33-30-24-22-20-17-14-11-8-5-2/h7,10,16,19,22-25,27-28,31-32,51H,4-6,8-9,11-15,17-18,20-21,26,29-30,33-50H2,1-3H3/b10-7-,19-16-,24-22-,25-23-,28-27-,32-31-/t51-/m1/s1. The van der Waals surface area contributed by atoms with Gasteiger partial charge in [0.05, 0.1) is 0 Å². The number of hydrogen-bond donors (Lipinski definition) is 0. The Balaban J connectivity index is 4.40. The minimum atomic E-state index is -0.790. The van der Waals surface area contributed by atoms with Crippen molar-refractivity contribution in [2.45, 2.75) is 239 Å². The molecule has 0 saturated heterocycles. The van der Waals surface area contributed by atoms with Crippen molar-refractivity contribution >= 4 is 17.9 Å². The molecule has 0 unspecified atom stereocenters. The first kappa shape index (κ1) is 56.9. The summed E-state index contributed by atoms with van der Waals surface area (Å²) in [5.74, 6) is -0.934. The third kappa shape index (κ3) is 45.9. The SMILES string of the molecule is CC/C=C\C/C=C\C/C=C\C/C=C\C/C=C\CCCCCC(=O)OC[C@@H](COC(=O)CCCCCCCCCCC)OC(=O)CCCCCCC/C=C\CCCCCCC. The van der Waals surface area contributed by atoms with Crippen molar-refractivity contribution in [2.24, 2.45) is 0 Å². The van der Waals surface area contributed by atoms with E-state index in [1.165, 1.54) is 83.5 Å². The Morgan fingerprint density at radius 1 is 0.350 bits per heavy atom. The van der Waals surface area contributed by atoms with Gasteiger partial charge in [0.25, 0.3) is 0 Å². The van der Waals surface area contributed by atoms with Gasteiger partial charge in [0.2, 0.25) is 0 Å². The summed E-state index contributed by atoms with van der Waals surface area (Å²) in [6, 6.07) is 0. The Bertz CT molecular complexity index is 1140. The summed E-state index contributed by atoms with van der Waals surface area (Å²) in [7, 11) is 0. The second-order valence-corrected chi connectivity index (χ2v) is 16.3. The number of ether oxygens (including phenoxy) is 3. The van der Waals surface area contributed by atoms with E-state index in [1.54, 1.807) is 0 Å². The minimum absolute atomic E-state index is 0.0885. The fourth-order valence-electron chi connectivity index (χ4n) is 6.70. The van der Waals surface area contributed by atoms with Crippen molar-refractivity contribution in [3.63, 3.8) is 0 Å². The van der Waals surface area contributed by atoms with Crippen LogP contribution in [0.4, 0.5) is 0 Å². The molecule has 6 nitrogen and oxygen atoms in total. The van der Waals surface area contributed by atoms with Gasteiger partial charge in [-0.05, 0) is 89.9 Å². The summed E-state index contributed by atoms with van der Waals surface area (Å²) in [6.07, 6.45) is 60.3. The van der Waals surface area contributed by atoms with E-state index in [0.717, 1.165) is 109 Å². The molecule has 0 heterocycles. The predicted octanol–water partition coefficient (Wildman–Crippen LogP) is 16.3. The normalized spacial score (nSPS) is 12.7. The molecule has 6 heteroatoms. The van der Waals surface area contributed by atoms with Crippen LogP contribution in [0.5, 0.6) is 0 Å². The van der Waals surface area contributed by atoms with Crippen LogP contribution in [0.3, 0.4) is 0 Å². The number of unbranched alkanes of at least 4 members (excludes halogenated alkanes) is 21.